The van der Waals surface area contributed by atoms with Crippen LogP contribution >= 0.6 is 15.9 Å². The number of rotatable bonds is 3. The Kier molecular flexibility index (Phi) is 3.86. The Morgan fingerprint density at radius 1 is 1.71 bits per heavy atom. The third kappa shape index (κ3) is 3.08. The van der Waals surface area contributed by atoms with Crippen LogP contribution in [0.4, 0.5) is 0 Å². The molecule has 2 rings (SSSR count). The Hall–Kier alpha value is -0.850. The fourth-order valence-electron chi connectivity index (χ4n) is 1.93. The van der Waals surface area contributed by atoms with Crippen LogP contribution in [0.2, 0.25) is 0 Å². The van der Waals surface area contributed by atoms with E-state index in [-0.39, 0.29) is 6.10 Å². The lowest BCUT2D eigenvalue weighted by molar-refractivity contribution is -0.0277. The number of aromatic carboxylic acids is 1. The molecule has 17 heavy (non-hydrogen) atoms. The van der Waals surface area contributed by atoms with E-state index in [1.807, 2.05) is 4.57 Å². The molecular formula is C11H15BrN2O3. The van der Waals surface area contributed by atoms with Crippen LogP contribution in [0.3, 0.4) is 0 Å². The molecule has 0 amide bonds. The van der Waals surface area contributed by atoms with Gasteiger partial charge in [-0.3, -0.25) is 0 Å². The number of ether oxygens (including phenoxy) is 1. The van der Waals surface area contributed by atoms with Gasteiger partial charge in [-0.2, -0.15) is 0 Å². The summed E-state index contributed by atoms with van der Waals surface area (Å²) in [5.41, 5.74) is 0.293. The van der Waals surface area contributed by atoms with Gasteiger partial charge in [-0.1, -0.05) is 0 Å². The lowest BCUT2D eigenvalue weighted by Gasteiger charge is -2.30. The molecule has 1 N–H and O–H groups in total. The zero-order valence-electron chi connectivity index (χ0n) is 9.60. The normalized spacial score (nSPS) is 21.6. The van der Waals surface area contributed by atoms with Crippen LogP contribution in [-0.2, 0) is 11.3 Å². The van der Waals surface area contributed by atoms with Crippen LogP contribution < -0.4 is 0 Å². The average molecular weight is 303 g/mol. The highest BCUT2D eigenvalue weighted by Gasteiger charge is 2.19. The van der Waals surface area contributed by atoms with Crippen LogP contribution in [0.1, 0.15) is 10.4 Å². The Morgan fingerprint density at radius 3 is 3.06 bits per heavy atom. The highest BCUT2D eigenvalue weighted by atomic mass is 79.9. The second-order valence-electron chi connectivity index (χ2n) is 4.26. The molecule has 0 radical (unpaired) electrons. The van der Waals surface area contributed by atoms with Crippen LogP contribution in [0.25, 0.3) is 0 Å². The van der Waals surface area contributed by atoms with E-state index in [9.17, 15) is 4.79 Å². The summed E-state index contributed by atoms with van der Waals surface area (Å²) in [6.07, 6.45) is 1.74. The van der Waals surface area contributed by atoms with Gasteiger partial charge in [-0.25, -0.2) is 4.79 Å². The van der Waals surface area contributed by atoms with Crippen molar-refractivity contribution in [1.82, 2.24) is 9.47 Å². The lowest BCUT2D eigenvalue weighted by atomic mass is 10.3. The second kappa shape index (κ2) is 5.20. The molecule has 1 aromatic heterocycles. The summed E-state index contributed by atoms with van der Waals surface area (Å²) in [5.74, 6) is -0.911. The highest BCUT2D eigenvalue weighted by molar-refractivity contribution is 9.10. The van der Waals surface area contributed by atoms with Crippen molar-refractivity contribution >= 4 is 21.9 Å². The fourth-order valence-corrected chi connectivity index (χ4v) is 2.43. The minimum atomic E-state index is -0.911. The standard InChI is InChI=1S/C11H15BrN2O3/c1-13-2-3-17-9(6-13)7-14-5-8(11(15)16)4-10(14)12/h4-5,9H,2-3,6-7H2,1H3,(H,15,16). The molecule has 0 aromatic carbocycles. The Labute approximate surface area is 108 Å². The summed E-state index contributed by atoms with van der Waals surface area (Å²) in [7, 11) is 2.06. The molecule has 0 spiro atoms. The van der Waals surface area contributed by atoms with Crippen molar-refractivity contribution in [2.24, 2.45) is 0 Å². The van der Waals surface area contributed by atoms with Crippen molar-refractivity contribution in [3.05, 3.63) is 22.4 Å². The lowest BCUT2D eigenvalue weighted by Crippen LogP contribution is -2.41. The van der Waals surface area contributed by atoms with Gasteiger partial charge in [0.2, 0.25) is 0 Å². The van der Waals surface area contributed by atoms with E-state index in [1.165, 1.54) is 0 Å². The third-order valence-corrected chi connectivity index (χ3v) is 3.52. The molecule has 2 heterocycles. The third-order valence-electron chi connectivity index (χ3n) is 2.83. The second-order valence-corrected chi connectivity index (χ2v) is 5.08. The molecule has 1 unspecified atom stereocenters. The number of likely N-dealkylation sites (N-methyl/N-ethyl adjacent to an activating group) is 1. The van der Waals surface area contributed by atoms with E-state index >= 15 is 0 Å². The number of hydrogen-bond acceptors (Lipinski definition) is 3. The van der Waals surface area contributed by atoms with Gasteiger partial charge in [-0.15, -0.1) is 0 Å². The van der Waals surface area contributed by atoms with Crippen LogP contribution in [0.15, 0.2) is 16.9 Å². The number of hydrogen-bond donors (Lipinski definition) is 1. The predicted molar refractivity (Wildman–Crippen MR) is 66.3 cm³/mol. The Balaban J connectivity index is 2.05. The van der Waals surface area contributed by atoms with Crippen molar-refractivity contribution in [1.29, 1.82) is 0 Å². The van der Waals surface area contributed by atoms with Gasteiger partial charge < -0.3 is 19.3 Å². The largest absolute Gasteiger partial charge is 0.478 e. The topological polar surface area (TPSA) is 54.7 Å². The minimum Gasteiger partial charge on any atom is -0.478 e. The quantitative estimate of drug-likeness (QED) is 0.914. The highest BCUT2D eigenvalue weighted by Crippen LogP contribution is 2.17. The molecule has 0 bridgehead atoms. The fraction of sp³-hybridized carbons (Fsp3) is 0.545. The number of nitrogens with zero attached hydrogens (tertiary/aromatic N) is 2. The predicted octanol–water partition coefficient (Wildman–Crippen LogP) is 1.28. The first kappa shape index (κ1) is 12.6. The number of carboxylic acid groups (broad SMARTS) is 1. The van der Waals surface area contributed by atoms with Crippen LogP contribution in [0.5, 0.6) is 0 Å². The minimum absolute atomic E-state index is 0.110. The van der Waals surface area contributed by atoms with Gasteiger partial charge in [0.1, 0.15) is 0 Å². The molecule has 1 aliphatic heterocycles. The van der Waals surface area contributed by atoms with E-state index in [0.29, 0.717) is 12.1 Å². The van der Waals surface area contributed by atoms with E-state index in [2.05, 4.69) is 27.9 Å². The molecule has 1 fully saturated rings. The number of carbonyl (C=O) groups is 1. The molecule has 1 atom stereocenters. The van der Waals surface area contributed by atoms with Crippen molar-refractivity contribution < 1.29 is 14.6 Å². The molecule has 1 aromatic rings. The molecule has 94 valence electrons. The van der Waals surface area contributed by atoms with E-state index in [0.717, 1.165) is 24.3 Å². The summed E-state index contributed by atoms with van der Waals surface area (Å²) in [4.78, 5) is 13.0. The van der Waals surface area contributed by atoms with E-state index in [4.69, 9.17) is 9.84 Å². The zero-order valence-corrected chi connectivity index (χ0v) is 11.2. The van der Waals surface area contributed by atoms with Gasteiger partial charge in [0, 0.05) is 19.3 Å². The molecule has 5 nitrogen and oxygen atoms in total. The first-order valence-electron chi connectivity index (χ1n) is 5.45. The smallest absolute Gasteiger partial charge is 0.337 e. The van der Waals surface area contributed by atoms with Crippen molar-refractivity contribution in [2.45, 2.75) is 12.6 Å². The monoisotopic (exact) mass is 302 g/mol. The zero-order chi connectivity index (χ0) is 12.4. The first-order chi connectivity index (χ1) is 8.06. The molecule has 6 heteroatoms. The molecule has 1 saturated heterocycles. The number of morpholine rings is 1. The maximum Gasteiger partial charge on any atom is 0.337 e. The van der Waals surface area contributed by atoms with Crippen molar-refractivity contribution in [3.63, 3.8) is 0 Å². The van der Waals surface area contributed by atoms with Gasteiger partial charge in [0.15, 0.2) is 0 Å². The summed E-state index contributed by atoms with van der Waals surface area (Å²) >= 11 is 3.36. The SMILES string of the molecule is CN1CCOC(Cn2cc(C(=O)O)cc2Br)C1. The van der Waals surface area contributed by atoms with E-state index in [1.54, 1.807) is 12.3 Å². The maximum absolute atomic E-state index is 10.8. The van der Waals surface area contributed by atoms with E-state index < -0.39 is 5.97 Å². The molecule has 0 saturated carbocycles. The summed E-state index contributed by atoms with van der Waals surface area (Å²) < 4.78 is 8.28. The number of carboxylic acids is 1. The molecule has 1 aliphatic rings. The van der Waals surface area contributed by atoms with Gasteiger partial charge in [0.05, 0.1) is 29.4 Å². The van der Waals surface area contributed by atoms with Crippen LogP contribution in [0, 0.1) is 0 Å². The number of aromatic nitrogens is 1. The summed E-state index contributed by atoms with van der Waals surface area (Å²) in [6.45, 7) is 3.21. The van der Waals surface area contributed by atoms with Gasteiger partial charge in [-0.05, 0) is 29.0 Å². The molecule has 0 aliphatic carbocycles. The summed E-state index contributed by atoms with van der Waals surface area (Å²) in [5, 5.41) is 8.90. The maximum atomic E-state index is 10.8. The number of halogens is 1. The van der Waals surface area contributed by atoms with Gasteiger partial charge in [0.25, 0.3) is 0 Å². The molecular weight excluding hydrogens is 288 g/mol. The Morgan fingerprint density at radius 2 is 2.47 bits per heavy atom. The Bertz CT molecular complexity index is 419. The summed E-state index contributed by atoms with van der Waals surface area (Å²) in [6, 6.07) is 1.61. The van der Waals surface area contributed by atoms with Crippen LogP contribution in [-0.4, -0.2) is 53.4 Å². The van der Waals surface area contributed by atoms with Gasteiger partial charge >= 0.3 is 5.97 Å². The first-order valence-corrected chi connectivity index (χ1v) is 6.24. The average Bonchev–Trinajstić information content (AvgIpc) is 2.61. The van der Waals surface area contributed by atoms with Crippen molar-refractivity contribution in [3.8, 4) is 0 Å². The van der Waals surface area contributed by atoms with Crippen molar-refractivity contribution in [2.75, 3.05) is 26.7 Å².